The van der Waals surface area contributed by atoms with Gasteiger partial charge < -0.3 is 4.57 Å². The minimum atomic E-state index is -2.91. The summed E-state index contributed by atoms with van der Waals surface area (Å²) in [5.74, 6) is 0. The van der Waals surface area contributed by atoms with E-state index in [0.717, 1.165) is 49.6 Å². The molecule has 8 rings (SSSR count). The van der Waals surface area contributed by atoms with Gasteiger partial charge in [0.2, 0.25) is 0 Å². The van der Waals surface area contributed by atoms with E-state index in [-0.39, 0.29) is 0 Å². The van der Waals surface area contributed by atoms with Crippen LogP contribution in [-0.2, 0) is 9.73 Å². The zero-order valence-corrected chi connectivity index (χ0v) is 23.5. The number of nitrogens with zero attached hydrogens (tertiary/aromatic N) is 2. The van der Waals surface area contributed by atoms with Crippen molar-refractivity contribution in [1.29, 1.82) is 0 Å². The Balaban J connectivity index is 1.47. The van der Waals surface area contributed by atoms with Gasteiger partial charge in [0, 0.05) is 33.2 Å². The first-order chi connectivity index (χ1) is 20.7. The van der Waals surface area contributed by atoms with Crippen LogP contribution in [0.2, 0.25) is 0 Å². The fourth-order valence-corrected chi connectivity index (χ4v) is 8.29. The van der Waals surface area contributed by atoms with Gasteiger partial charge in [-0.15, -0.1) is 0 Å². The third-order valence-corrected chi connectivity index (χ3v) is 10.3. The maximum Gasteiger partial charge on any atom is 0.109 e. The Morgan fingerprint density at radius 1 is 0.524 bits per heavy atom. The van der Waals surface area contributed by atoms with Crippen molar-refractivity contribution >= 4 is 42.8 Å². The van der Waals surface area contributed by atoms with Crippen LogP contribution >= 0.6 is 0 Å². The normalized spacial score (nSPS) is 16.4. The first-order valence-corrected chi connectivity index (χ1v) is 15.5. The summed E-state index contributed by atoms with van der Waals surface area (Å²) in [4.78, 5) is 1.46. The van der Waals surface area contributed by atoms with E-state index in [2.05, 4.69) is 89.5 Å². The Hall–Kier alpha value is -5.19. The van der Waals surface area contributed by atoms with Crippen LogP contribution in [0.1, 0.15) is 16.7 Å². The summed E-state index contributed by atoms with van der Waals surface area (Å²) in [6.07, 6.45) is 0. The van der Waals surface area contributed by atoms with Gasteiger partial charge in [-0.05, 0) is 54.1 Å². The lowest BCUT2D eigenvalue weighted by molar-refractivity contribution is 0.676. The molecule has 0 amide bonds. The molecule has 0 radical (unpaired) electrons. The third kappa shape index (κ3) is 3.76. The monoisotopic (exact) mass is 558 g/mol. The van der Waals surface area contributed by atoms with Crippen LogP contribution in [0, 0.1) is 0 Å². The van der Waals surface area contributed by atoms with E-state index in [4.69, 9.17) is 4.36 Å². The van der Waals surface area contributed by atoms with E-state index < -0.39 is 9.73 Å². The zero-order valence-electron chi connectivity index (χ0n) is 22.7. The van der Waals surface area contributed by atoms with Crippen LogP contribution in [0.25, 0.3) is 38.8 Å². The smallest absolute Gasteiger partial charge is 0.109 e. The van der Waals surface area contributed by atoms with E-state index in [1.807, 2.05) is 72.8 Å². The second-order valence-corrected chi connectivity index (χ2v) is 12.6. The van der Waals surface area contributed by atoms with Crippen molar-refractivity contribution in [3.8, 4) is 5.69 Å². The average Bonchev–Trinajstić information content (AvgIpc) is 3.40. The van der Waals surface area contributed by atoms with Gasteiger partial charge in [0.25, 0.3) is 0 Å². The number of aromatic nitrogens is 1. The van der Waals surface area contributed by atoms with Crippen molar-refractivity contribution in [2.45, 2.75) is 9.79 Å². The lowest BCUT2D eigenvalue weighted by Crippen LogP contribution is -2.11. The molecule has 7 aromatic rings. The summed E-state index contributed by atoms with van der Waals surface area (Å²) in [6, 6.07) is 53.5. The van der Waals surface area contributed by atoms with Crippen molar-refractivity contribution in [3.63, 3.8) is 0 Å². The molecule has 0 saturated heterocycles. The fraction of sp³-hybridized carbons (Fsp3) is 0. The fourth-order valence-electron chi connectivity index (χ4n) is 6.12. The molecular weight excluding hydrogens is 532 g/mol. The predicted molar refractivity (Wildman–Crippen MR) is 173 cm³/mol. The standard InChI is InChI=1S/C38H26N2OS/c41-42(30-18-8-3-9-19-30)36-23-13-11-21-32(36)37(38(39-42)27-14-4-1-5-15-27)28-24-25-35-33(26-28)31-20-10-12-22-34(31)40(35)29-16-6-2-7-17-29/h1-26H. The van der Waals surface area contributed by atoms with Crippen LogP contribution in [0.15, 0.2) is 172 Å². The highest BCUT2D eigenvalue weighted by atomic mass is 32.2. The van der Waals surface area contributed by atoms with Crippen LogP contribution < -0.4 is 0 Å². The van der Waals surface area contributed by atoms with Gasteiger partial charge in [0.15, 0.2) is 0 Å². The van der Waals surface area contributed by atoms with E-state index in [0.29, 0.717) is 4.90 Å². The third-order valence-electron chi connectivity index (χ3n) is 8.00. The topological polar surface area (TPSA) is 34.4 Å². The Labute approximate surface area is 245 Å². The number of benzene rings is 6. The lowest BCUT2D eigenvalue weighted by Gasteiger charge is -2.25. The molecule has 200 valence electrons. The van der Waals surface area contributed by atoms with Gasteiger partial charge in [-0.25, -0.2) is 4.21 Å². The largest absolute Gasteiger partial charge is 0.309 e. The summed E-state index contributed by atoms with van der Waals surface area (Å²) < 4.78 is 22.4. The molecule has 0 aliphatic carbocycles. The first-order valence-electron chi connectivity index (χ1n) is 14.0. The highest BCUT2D eigenvalue weighted by Gasteiger charge is 2.30. The van der Waals surface area contributed by atoms with E-state index in [1.54, 1.807) is 0 Å². The number of hydrogen-bond donors (Lipinski definition) is 0. The van der Waals surface area contributed by atoms with Crippen molar-refractivity contribution < 1.29 is 4.21 Å². The summed E-state index contributed by atoms with van der Waals surface area (Å²) in [7, 11) is -2.91. The molecule has 0 spiro atoms. The Morgan fingerprint density at radius 2 is 1.14 bits per heavy atom. The van der Waals surface area contributed by atoms with Gasteiger partial charge in [-0.1, -0.05) is 109 Å². The molecule has 2 heterocycles. The summed E-state index contributed by atoms with van der Waals surface area (Å²) in [5, 5.41) is 2.35. The van der Waals surface area contributed by atoms with Gasteiger partial charge in [-0.2, -0.15) is 4.36 Å². The molecule has 0 bridgehead atoms. The zero-order chi connectivity index (χ0) is 28.1. The lowest BCUT2D eigenvalue weighted by atomic mass is 9.92. The second kappa shape index (κ2) is 9.72. The van der Waals surface area contributed by atoms with Gasteiger partial charge in [0.05, 0.1) is 26.5 Å². The maximum absolute atomic E-state index is 14.9. The average molecular weight is 559 g/mol. The SMILES string of the molecule is O=S1(c2ccccc2)=NC(c2ccccc2)=C(c2ccc3c(c2)c2ccccc2n3-c2ccccc2)c2ccccc21. The number of hydrogen-bond acceptors (Lipinski definition) is 2. The molecule has 4 heteroatoms. The van der Waals surface area contributed by atoms with Crippen molar-refractivity contribution in [2.75, 3.05) is 0 Å². The van der Waals surface area contributed by atoms with Crippen molar-refractivity contribution in [3.05, 3.63) is 174 Å². The Bertz CT molecular complexity index is 2270. The van der Waals surface area contributed by atoms with E-state index >= 15 is 0 Å². The Kier molecular flexibility index (Phi) is 5.69. The van der Waals surface area contributed by atoms with Gasteiger partial charge in [-0.3, -0.25) is 0 Å². The molecule has 0 fully saturated rings. The van der Waals surface area contributed by atoms with E-state index in [9.17, 15) is 4.21 Å². The van der Waals surface area contributed by atoms with E-state index in [1.165, 1.54) is 10.8 Å². The number of para-hydroxylation sites is 2. The molecule has 1 unspecified atom stereocenters. The van der Waals surface area contributed by atoms with Gasteiger partial charge in [0.1, 0.15) is 9.73 Å². The van der Waals surface area contributed by atoms with Crippen molar-refractivity contribution in [1.82, 2.24) is 4.57 Å². The maximum atomic E-state index is 14.9. The number of rotatable bonds is 4. The highest BCUT2D eigenvalue weighted by molar-refractivity contribution is 7.94. The highest BCUT2D eigenvalue weighted by Crippen LogP contribution is 2.45. The molecule has 3 nitrogen and oxygen atoms in total. The molecule has 1 aromatic heterocycles. The molecule has 42 heavy (non-hydrogen) atoms. The predicted octanol–water partition coefficient (Wildman–Crippen LogP) is 9.60. The molecule has 6 aromatic carbocycles. The van der Waals surface area contributed by atoms with Crippen LogP contribution in [0.5, 0.6) is 0 Å². The van der Waals surface area contributed by atoms with Crippen LogP contribution in [-0.4, -0.2) is 8.78 Å². The number of fused-ring (bicyclic) bond motifs is 4. The molecule has 1 aliphatic rings. The molecule has 0 N–H and O–H groups in total. The quantitative estimate of drug-likeness (QED) is 0.212. The van der Waals surface area contributed by atoms with Crippen LogP contribution in [0.3, 0.4) is 0 Å². The molecule has 1 atom stereocenters. The summed E-state index contributed by atoms with van der Waals surface area (Å²) in [6.45, 7) is 0. The molecular formula is C38H26N2OS. The minimum absolute atomic E-state index is 0.714. The summed E-state index contributed by atoms with van der Waals surface area (Å²) >= 11 is 0. The second-order valence-electron chi connectivity index (χ2n) is 10.4. The Morgan fingerprint density at radius 3 is 1.93 bits per heavy atom. The van der Waals surface area contributed by atoms with Gasteiger partial charge >= 0.3 is 0 Å². The minimum Gasteiger partial charge on any atom is -0.309 e. The molecule has 0 saturated carbocycles. The summed E-state index contributed by atoms with van der Waals surface area (Å²) in [5.41, 5.74) is 8.10. The van der Waals surface area contributed by atoms with Crippen molar-refractivity contribution in [2.24, 2.45) is 4.36 Å². The molecule has 1 aliphatic heterocycles. The van der Waals surface area contributed by atoms with Crippen LogP contribution in [0.4, 0.5) is 0 Å². The first kappa shape index (κ1) is 24.6.